The SMILES string of the molecule is CCC(CC)C(NN)c1ccccc1. The summed E-state index contributed by atoms with van der Waals surface area (Å²) in [6.45, 7) is 4.42. The second-order valence-electron chi connectivity index (χ2n) is 3.63. The van der Waals surface area contributed by atoms with Crippen molar-refractivity contribution in [3.05, 3.63) is 35.9 Å². The summed E-state index contributed by atoms with van der Waals surface area (Å²) in [5.41, 5.74) is 4.20. The van der Waals surface area contributed by atoms with Crippen LogP contribution < -0.4 is 11.3 Å². The fourth-order valence-electron chi connectivity index (χ4n) is 1.92. The standard InChI is InChI=1S/C12H20N2/c1-3-10(4-2)12(14-13)11-8-6-5-7-9-11/h5-10,12,14H,3-4,13H2,1-2H3. The molecule has 2 nitrogen and oxygen atoms in total. The molecular formula is C12H20N2. The fraction of sp³-hybridized carbons (Fsp3) is 0.500. The third-order valence-electron chi connectivity index (χ3n) is 2.86. The molecule has 1 aromatic rings. The third kappa shape index (κ3) is 2.56. The van der Waals surface area contributed by atoms with E-state index in [2.05, 4.69) is 43.5 Å². The van der Waals surface area contributed by atoms with Gasteiger partial charge in [-0.1, -0.05) is 57.0 Å². The highest BCUT2D eigenvalue weighted by Crippen LogP contribution is 2.26. The molecule has 3 N–H and O–H groups in total. The Bertz CT molecular complexity index is 242. The molecule has 0 fully saturated rings. The number of hydrazine groups is 1. The summed E-state index contributed by atoms with van der Waals surface area (Å²) in [4.78, 5) is 0. The number of hydrogen-bond acceptors (Lipinski definition) is 2. The molecule has 1 atom stereocenters. The monoisotopic (exact) mass is 192 g/mol. The minimum atomic E-state index is 0.284. The van der Waals surface area contributed by atoms with Gasteiger partial charge in [-0.15, -0.1) is 0 Å². The maximum atomic E-state index is 5.61. The minimum absolute atomic E-state index is 0.284. The first-order valence-electron chi connectivity index (χ1n) is 5.34. The summed E-state index contributed by atoms with van der Waals surface area (Å²) in [5.74, 6) is 6.22. The van der Waals surface area contributed by atoms with E-state index in [9.17, 15) is 0 Å². The van der Waals surface area contributed by atoms with Crippen molar-refractivity contribution in [1.82, 2.24) is 5.43 Å². The summed E-state index contributed by atoms with van der Waals surface area (Å²) in [6, 6.07) is 10.7. The van der Waals surface area contributed by atoms with E-state index in [1.807, 2.05) is 6.07 Å². The summed E-state index contributed by atoms with van der Waals surface area (Å²) < 4.78 is 0. The normalized spacial score (nSPS) is 13.1. The smallest absolute Gasteiger partial charge is 0.0487 e. The Morgan fingerprint density at radius 3 is 2.14 bits per heavy atom. The van der Waals surface area contributed by atoms with Crippen LogP contribution in [0.1, 0.15) is 38.3 Å². The highest BCUT2D eigenvalue weighted by molar-refractivity contribution is 5.19. The van der Waals surface area contributed by atoms with Crippen LogP contribution in [0, 0.1) is 5.92 Å². The lowest BCUT2D eigenvalue weighted by Gasteiger charge is -2.24. The predicted molar refractivity (Wildman–Crippen MR) is 60.6 cm³/mol. The second-order valence-corrected chi connectivity index (χ2v) is 3.63. The van der Waals surface area contributed by atoms with Crippen LogP contribution in [0.4, 0.5) is 0 Å². The molecule has 0 aliphatic rings. The molecule has 0 amide bonds. The van der Waals surface area contributed by atoms with E-state index in [-0.39, 0.29) is 6.04 Å². The molecule has 78 valence electrons. The van der Waals surface area contributed by atoms with Crippen molar-refractivity contribution in [2.45, 2.75) is 32.7 Å². The van der Waals surface area contributed by atoms with Crippen molar-refractivity contribution in [3.8, 4) is 0 Å². The van der Waals surface area contributed by atoms with Crippen LogP contribution in [0.25, 0.3) is 0 Å². The Morgan fingerprint density at radius 1 is 1.14 bits per heavy atom. The number of nitrogens with two attached hydrogens (primary N) is 1. The summed E-state index contributed by atoms with van der Waals surface area (Å²) >= 11 is 0. The van der Waals surface area contributed by atoms with Crippen molar-refractivity contribution in [2.24, 2.45) is 11.8 Å². The minimum Gasteiger partial charge on any atom is -0.271 e. The van der Waals surface area contributed by atoms with E-state index in [0.29, 0.717) is 5.92 Å². The van der Waals surface area contributed by atoms with Crippen LogP contribution in [0.15, 0.2) is 30.3 Å². The maximum Gasteiger partial charge on any atom is 0.0487 e. The number of hydrogen-bond donors (Lipinski definition) is 2. The van der Waals surface area contributed by atoms with Crippen molar-refractivity contribution in [1.29, 1.82) is 0 Å². The van der Waals surface area contributed by atoms with E-state index >= 15 is 0 Å². The molecule has 2 heteroatoms. The molecule has 1 aromatic carbocycles. The molecule has 0 heterocycles. The quantitative estimate of drug-likeness (QED) is 0.556. The first kappa shape index (κ1) is 11.2. The largest absolute Gasteiger partial charge is 0.271 e. The van der Waals surface area contributed by atoms with Gasteiger partial charge >= 0.3 is 0 Å². The van der Waals surface area contributed by atoms with Gasteiger partial charge in [0, 0.05) is 6.04 Å². The van der Waals surface area contributed by atoms with Crippen molar-refractivity contribution >= 4 is 0 Å². The van der Waals surface area contributed by atoms with Crippen LogP contribution in [0.3, 0.4) is 0 Å². The zero-order valence-electron chi connectivity index (χ0n) is 9.03. The Hall–Kier alpha value is -0.860. The average molecular weight is 192 g/mol. The van der Waals surface area contributed by atoms with Gasteiger partial charge in [-0.05, 0) is 11.5 Å². The maximum absolute atomic E-state index is 5.61. The Labute approximate surface area is 86.5 Å². The summed E-state index contributed by atoms with van der Waals surface area (Å²) in [6.07, 6.45) is 2.31. The van der Waals surface area contributed by atoms with Gasteiger partial charge in [0.15, 0.2) is 0 Å². The molecule has 0 radical (unpaired) electrons. The van der Waals surface area contributed by atoms with Gasteiger partial charge in [0.1, 0.15) is 0 Å². The molecule has 0 saturated carbocycles. The van der Waals surface area contributed by atoms with Crippen LogP contribution in [-0.4, -0.2) is 0 Å². The Balaban J connectivity index is 2.81. The summed E-state index contributed by atoms with van der Waals surface area (Å²) in [7, 11) is 0. The molecule has 0 aliphatic heterocycles. The zero-order chi connectivity index (χ0) is 10.4. The van der Waals surface area contributed by atoms with Crippen LogP contribution >= 0.6 is 0 Å². The van der Waals surface area contributed by atoms with Crippen molar-refractivity contribution < 1.29 is 0 Å². The highest BCUT2D eigenvalue weighted by Gasteiger charge is 2.18. The van der Waals surface area contributed by atoms with E-state index in [4.69, 9.17) is 5.84 Å². The van der Waals surface area contributed by atoms with Crippen molar-refractivity contribution in [2.75, 3.05) is 0 Å². The molecule has 14 heavy (non-hydrogen) atoms. The van der Waals surface area contributed by atoms with Crippen LogP contribution in [-0.2, 0) is 0 Å². The zero-order valence-corrected chi connectivity index (χ0v) is 9.03. The molecular weight excluding hydrogens is 172 g/mol. The molecule has 0 saturated heterocycles. The topological polar surface area (TPSA) is 38.0 Å². The van der Waals surface area contributed by atoms with Gasteiger partial charge in [-0.3, -0.25) is 11.3 Å². The van der Waals surface area contributed by atoms with E-state index in [0.717, 1.165) is 12.8 Å². The number of rotatable bonds is 5. The van der Waals surface area contributed by atoms with Crippen molar-refractivity contribution in [3.63, 3.8) is 0 Å². The number of benzene rings is 1. The van der Waals surface area contributed by atoms with Gasteiger partial charge in [0.25, 0.3) is 0 Å². The van der Waals surface area contributed by atoms with Gasteiger partial charge in [0.2, 0.25) is 0 Å². The predicted octanol–water partition coefficient (Wildman–Crippen LogP) is 2.63. The van der Waals surface area contributed by atoms with Gasteiger partial charge in [-0.2, -0.15) is 0 Å². The Morgan fingerprint density at radius 2 is 1.71 bits per heavy atom. The first-order valence-corrected chi connectivity index (χ1v) is 5.34. The Kier molecular flexibility index (Phi) is 4.63. The van der Waals surface area contributed by atoms with Gasteiger partial charge in [-0.25, -0.2) is 0 Å². The van der Waals surface area contributed by atoms with Crippen LogP contribution in [0.5, 0.6) is 0 Å². The molecule has 0 spiro atoms. The summed E-state index contributed by atoms with van der Waals surface area (Å²) in [5, 5.41) is 0. The molecule has 0 aromatic heterocycles. The van der Waals surface area contributed by atoms with E-state index < -0.39 is 0 Å². The second kappa shape index (κ2) is 5.78. The van der Waals surface area contributed by atoms with E-state index in [1.54, 1.807) is 0 Å². The number of nitrogens with one attached hydrogen (secondary N) is 1. The van der Waals surface area contributed by atoms with Crippen LogP contribution in [0.2, 0.25) is 0 Å². The third-order valence-corrected chi connectivity index (χ3v) is 2.86. The first-order chi connectivity index (χ1) is 6.83. The average Bonchev–Trinajstić information content (AvgIpc) is 2.27. The molecule has 0 aliphatic carbocycles. The molecule has 1 rings (SSSR count). The lowest BCUT2D eigenvalue weighted by molar-refractivity contribution is 0.345. The fourth-order valence-corrected chi connectivity index (χ4v) is 1.92. The van der Waals surface area contributed by atoms with Gasteiger partial charge in [0.05, 0.1) is 0 Å². The molecule has 1 unspecified atom stereocenters. The van der Waals surface area contributed by atoms with Gasteiger partial charge < -0.3 is 0 Å². The lowest BCUT2D eigenvalue weighted by Crippen LogP contribution is -2.33. The highest BCUT2D eigenvalue weighted by atomic mass is 15.2. The van der Waals surface area contributed by atoms with E-state index in [1.165, 1.54) is 5.56 Å². The molecule has 0 bridgehead atoms. The lowest BCUT2D eigenvalue weighted by atomic mass is 9.89.